The van der Waals surface area contributed by atoms with Crippen LogP contribution in [0.1, 0.15) is 25.8 Å². The van der Waals surface area contributed by atoms with Gasteiger partial charge >= 0.3 is 0 Å². The Kier molecular flexibility index (Phi) is 5.46. The van der Waals surface area contributed by atoms with E-state index in [0.29, 0.717) is 12.1 Å². The van der Waals surface area contributed by atoms with Crippen LogP contribution in [0.3, 0.4) is 0 Å². The summed E-state index contributed by atoms with van der Waals surface area (Å²) >= 11 is 0. The van der Waals surface area contributed by atoms with Crippen molar-refractivity contribution in [3.8, 4) is 0 Å². The fraction of sp³-hybridized carbons (Fsp3) is 0.571. The summed E-state index contributed by atoms with van der Waals surface area (Å²) < 4.78 is 39.2. The maximum Gasteiger partial charge on any atom is 0.194 e. The molecular weight excluding hydrogens is 289 g/mol. The van der Waals surface area contributed by atoms with Crippen LogP contribution in [0.5, 0.6) is 0 Å². The first kappa shape index (κ1) is 17.3. The van der Waals surface area contributed by atoms with E-state index < -0.39 is 17.5 Å². The van der Waals surface area contributed by atoms with Gasteiger partial charge in [0.2, 0.25) is 0 Å². The van der Waals surface area contributed by atoms with E-state index in [1.807, 2.05) is 0 Å². The molecule has 1 aromatic carbocycles. The Hall–Kier alpha value is -0.780. The highest BCUT2D eigenvalue weighted by molar-refractivity contribution is 5.85. The lowest BCUT2D eigenvalue weighted by molar-refractivity contribution is 0.0897. The van der Waals surface area contributed by atoms with E-state index in [1.54, 1.807) is 0 Å². The minimum Gasteiger partial charge on any atom is -0.327 e. The number of likely N-dealkylation sites (tertiary alicyclic amines) is 1. The highest BCUT2D eigenvalue weighted by atomic mass is 35.5. The van der Waals surface area contributed by atoms with Crippen LogP contribution in [-0.4, -0.2) is 24.0 Å². The van der Waals surface area contributed by atoms with Crippen molar-refractivity contribution in [3.63, 3.8) is 0 Å². The first-order valence-electron chi connectivity index (χ1n) is 6.41. The van der Waals surface area contributed by atoms with Crippen molar-refractivity contribution in [1.82, 2.24) is 4.90 Å². The van der Waals surface area contributed by atoms with Crippen LogP contribution in [0.4, 0.5) is 13.2 Å². The molecule has 1 aliphatic heterocycles. The second-order valence-electron chi connectivity index (χ2n) is 5.97. The second-order valence-corrected chi connectivity index (χ2v) is 5.97. The van der Waals surface area contributed by atoms with E-state index in [9.17, 15) is 13.2 Å². The van der Waals surface area contributed by atoms with Crippen molar-refractivity contribution in [3.05, 3.63) is 35.1 Å². The van der Waals surface area contributed by atoms with Crippen LogP contribution in [0.25, 0.3) is 0 Å². The highest BCUT2D eigenvalue weighted by Crippen LogP contribution is 2.28. The molecule has 0 bridgehead atoms. The molecule has 0 aromatic heterocycles. The third kappa shape index (κ3) is 3.65. The third-order valence-electron chi connectivity index (χ3n) is 3.84. The Balaban J connectivity index is 0.00000200. The van der Waals surface area contributed by atoms with Gasteiger partial charge in [-0.25, -0.2) is 13.2 Å². The molecule has 0 saturated carbocycles. The van der Waals surface area contributed by atoms with Gasteiger partial charge in [0, 0.05) is 25.7 Å². The molecule has 1 fully saturated rings. The lowest BCUT2D eigenvalue weighted by atomic mass is 9.79. The Labute approximate surface area is 123 Å². The molecule has 1 saturated heterocycles. The molecule has 2 N–H and O–H groups in total. The van der Waals surface area contributed by atoms with Gasteiger partial charge in [-0.3, -0.25) is 4.90 Å². The summed E-state index contributed by atoms with van der Waals surface area (Å²) in [5.74, 6) is -3.68. The minimum absolute atomic E-state index is 0. The molecule has 20 heavy (non-hydrogen) atoms. The molecule has 1 atom stereocenters. The van der Waals surface area contributed by atoms with Gasteiger partial charge in [0.1, 0.15) is 0 Å². The molecule has 0 aliphatic carbocycles. The lowest BCUT2D eigenvalue weighted by Gasteiger charge is -2.42. The van der Waals surface area contributed by atoms with Gasteiger partial charge in [0.05, 0.1) is 0 Å². The molecule has 0 spiro atoms. The zero-order valence-electron chi connectivity index (χ0n) is 11.6. The zero-order chi connectivity index (χ0) is 14.2. The molecular formula is C14H20ClF3N2. The predicted octanol–water partition coefficient (Wildman–Crippen LogP) is 3.08. The first-order chi connectivity index (χ1) is 8.79. The molecule has 1 heterocycles. The largest absolute Gasteiger partial charge is 0.327 e. The summed E-state index contributed by atoms with van der Waals surface area (Å²) in [5.41, 5.74) is 6.45. The molecule has 2 rings (SSSR count). The average molecular weight is 309 g/mol. The number of hydrogen-bond donors (Lipinski definition) is 1. The van der Waals surface area contributed by atoms with E-state index in [4.69, 9.17) is 5.73 Å². The standard InChI is InChI=1S/C14H19F3N2.ClH/c1-14(2)8-19(4-3-12(14)18)7-9-5-10(15)13(17)11(16)6-9;/h5-6,12H,3-4,7-8,18H2,1-2H3;1H. The van der Waals surface area contributed by atoms with E-state index in [0.717, 1.165) is 31.6 Å². The van der Waals surface area contributed by atoms with Crippen molar-refractivity contribution >= 4 is 12.4 Å². The summed E-state index contributed by atoms with van der Waals surface area (Å²) in [4.78, 5) is 2.09. The fourth-order valence-corrected chi connectivity index (χ4v) is 2.58. The van der Waals surface area contributed by atoms with Gasteiger partial charge in [0.15, 0.2) is 17.5 Å². The van der Waals surface area contributed by atoms with Crippen LogP contribution in [0.2, 0.25) is 0 Å². The molecule has 0 radical (unpaired) electrons. The number of halogens is 4. The summed E-state index contributed by atoms with van der Waals surface area (Å²) in [6.45, 7) is 6.11. The average Bonchev–Trinajstić information content (AvgIpc) is 2.30. The van der Waals surface area contributed by atoms with E-state index >= 15 is 0 Å². The van der Waals surface area contributed by atoms with Gasteiger partial charge in [-0.15, -0.1) is 12.4 Å². The van der Waals surface area contributed by atoms with E-state index in [-0.39, 0.29) is 23.9 Å². The van der Waals surface area contributed by atoms with Crippen molar-refractivity contribution < 1.29 is 13.2 Å². The predicted molar refractivity (Wildman–Crippen MR) is 75.2 cm³/mol. The van der Waals surface area contributed by atoms with E-state index in [2.05, 4.69) is 18.7 Å². The van der Waals surface area contributed by atoms with Crippen molar-refractivity contribution in [2.45, 2.75) is 32.9 Å². The van der Waals surface area contributed by atoms with Crippen LogP contribution in [-0.2, 0) is 6.54 Å². The van der Waals surface area contributed by atoms with Crippen LogP contribution in [0, 0.1) is 22.9 Å². The number of nitrogens with zero attached hydrogens (tertiary/aromatic N) is 1. The van der Waals surface area contributed by atoms with Gasteiger partial charge in [0.25, 0.3) is 0 Å². The van der Waals surface area contributed by atoms with E-state index in [1.165, 1.54) is 0 Å². The number of rotatable bonds is 2. The molecule has 1 unspecified atom stereocenters. The quantitative estimate of drug-likeness (QED) is 0.851. The van der Waals surface area contributed by atoms with Crippen LogP contribution >= 0.6 is 12.4 Å². The van der Waals surface area contributed by atoms with Crippen LogP contribution < -0.4 is 5.73 Å². The normalized spacial score (nSPS) is 22.4. The van der Waals surface area contributed by atoms with Crippen molar-refractivity contribution in [1.29, 1.82) is 0 Å². The topological polar surface area (TPSA) is 29.3 Å². The van der Waals surface area contributed by atoms with Gasteiger partial charge < -0.3 is 5.73 Å². The van der Waals surface area contributed by atoms with Crippen molar-refractivity contribution in [2.24, 2.45) is 11.1 Å². The van der Waals surface area contributed by atoms with Crippen molar-refractivity contribution in [2.75, 3.05) is 13.1 Å². The zero-order valence-corrected chi connectivity index (χ0v) is 12.4. The highest BCUT2D eigenvalue weighted by Gasteiger charge is 2.33. The van der Waals surface area contributed by atoms with Gasteiger partial charge in [-0.1, -0.05) is 13.8 Å². The Morgan fingerprint density at radius 1 is 1.25 bits per heavy atom. The van der Waals surface area contributed by atoms with Crippen LogP contribution in [0.15, 0.2) is 12.1 Å². The molecule has 1 aromatic rings. The maximum absolute atomic E-state index is 13.2. The molecule has 114 valence electrons. The third-order valence-corrected chi connectivity index (χ3v) is 3.84. The number of nitrogens with two attached hydrogens (primary N) is 1. The molecule has 0 amide bonds. The Bertz CT molecular complexity index is 456. The SMILES string of the molecule is CC1(C)CN(Cc2cc(F)c(F)c(F)c2)CCC1N.Cl. The molecule has 1 aliphatic rings. The number of benzene rings is 1. The van der Waals surface area contributed by atoms with Gasteiger partial charge in [-0.05, 0) is 29.5 Å². The monoisotopic (exact) mass is 308 g/mol. The van der Waals surface area contributed by atoms with Gasteiger partial charge in [-0.2, -0.15) is 0 Å². The number of piperidine rings is 1. The Morgan fingerprint density at radius 3 is 2.30 bits per heavy atom. The summed E-state index contributed by atoms with van der Waals surface area (Å²) in [5, 5.41) is 0. The number of hydrogen-bond acceptors (Lipinski definition) is 2. The lowest BCUT2D eigenvalue weighted by Crippen LogP contribution is -2.52. The summed E-state index contributed by atoms with van der Waals surface area (Å²) in [6.07, 6.45) is 0.846. The Morgan fingerprint density at radius 2 is 1.80 bits per heavy atom. The molecule has 6 heteroatoms. The molecule has 2 nitrogen and oxygen atoms in total. The fourth-order valence-electron chi connectivity index (χ4n) is 2.58. The summed E-state index contributed by atoms with van der Waals surface area (Å²) in [7, 11) is 0. The smallest absolute Gasteiger partial charge is 0.194 e. The second kappa shape index (κ2) is 6.33. The maximum atomic E-state index is 13.2. The summed E-state index contributed by atoms with van der Waals surface area (Å²) in [6, 6.07) is 2.24. The minimum atomic E-state index is -1.41. The first-order valence-corrected chi connectivity index (χ1v) is 6.41.